The first kappa shape index (κ1) is 12.3. The van der Waals surface area contributed by atoms with Crippen LogP contribution in [0.15, 0.2) is 30.6 Å². The zero-order chi connectivity index (χ0) is 13.0. The van der Waals surface area contributed by atoms with Crippen LogP contribution in [0.1, 0.15) is 34.7 Å². The first-order valence-electron chi connectivity index (χ1n) is 5.64. The van der Waals surface area contributed by atoms with Gasteiger partial charge in [-0.05, 0) is 24.6 Å². The first-order valence-corrected chi connectivity index (χ1v) is 5.64. The molecule has 0 bridgehead atoms. The number of hydrogen-bond acceptors (Lipinski definition) is 4. The number of nitrogens with one attached hydrogen (secondary N) is 2. The Morgan fingerprint density at radius 1 is 1.44 bits per heavy atom. The van der Waals surface area contributed by atoms with Crippen LogP contribution >= 0.6 is 0 Å². The topological polar surface area (TPSA) is 96.7 Å². The highest BCUT2D eigenvalue weighted by molar-refractivity contribution is 5.92. The predicted molar refractivity (Wildman–Crippen MR) is 66.6 cm³/mol. The Balaban J connectivity index is 1.92. The third kappa shape index (κ3) is 2.92. The molecule has 18 heavy (non-hydrogen) atoms. The van der Waals surface area contributed by atoms with Gasteiger partial charge >= 0.3 is 0 Å². The van der Waals surface area contributed by atoms with E-state index in [0.717, 1.165) is 11.4 Å². The second kappa shape index (κ2) is 5.42. The molecule has 0 aliphatic carbocycles. The molecule has 1 heterocycles. The van der Waals surface area contributed by atoms with Crippen molar-refractivity contribution in [1.82, 2.24) is 20.5 Å². The van der Waals surface area contributed by atoms with Gasteiger partial charge in [0.05, 0.1) is 6.04 Å². The SMILES string of the molecule is CC(NCc1ccc(C(N)=O)cc1)c1ncn[nH]1. The Morgan fingerprint density at radius 2 is 2.17 bits per heavy atom. The van der Waals surface area contributed by atoms with Crippen LogP contribution in [0.3, 0.4) is 0 Å². The number of primary amides is 1. The molecule has 94 valence electrons. The summed E-state index contributed by atoms with van der Waals surface area (Å²) in [4.78, 5) is 15.0. The van der Waals surface area contributed by atoms with Gasteiger partial charge in [-0.15, -0.1) is 0 Å². The fourth-order valence-corrected chi connectivity index (χ4v) is 1.58. The number of carbonyl (C=O) groups is 1. The van der Waals surface area contributed by atoms with Gasteiger partial charge in [0.25, 0.3) is 0 Å². The van der Waals surface area contributed by atoms with E-state index in [1.165, 1.54) is 6.33 Å². The van der Waals surface area contributed by atoms with Crippen LogP contribution in [0, 0.1) is 0 Å². The molecule has 0 spiro atoms. The summed E-state index contributed by atoms with van der Waals surface area (Å²) >= 11 is 0. The van der Waals surface area contributed by atoms with Crippen molar-refractivity contribution in [3.63, 3.8) is 0 Å². The van der Waals surface area contributed by atoms with E-state index in [2.05, 4.69) is 20.5 Å². The van der Waals surface area contributed by atoms with Crippen LogP contribution in [0.5, 0.6) is 0 Å². The number of nitrogens with zero attached hydrogens (tertiary/aromatic N) is 2. The summed E-state index contributed by atoms with van der Waals surface area (Å²) in [5.74, 6) is 0.383. The van der Waals surface area contributed by atoms with Crippen LogP contribution in [-0.2, 0) is 6.54 Å². The van der Waals surface area contributed by atoms with E-state index in [1.807, 2.05) is 19.1 Å². The van der Waals surface area contributed by atoms with Crippen molar-refractivity contribution in [2.75, 3.05) is 0 Å². The van der Waals surface area contributed by atoms with Crippen molar-refractivity contribution in [3.05, 3.63) is 47.5 Å². The van der Waals surface area contributed by atoms with E-state index < -0.39 is 5.91 Å². The molecule has 6 heteroatoms. The minimum absolute atomic E-state index is 0.0864. The second-order valence-electron chi connectivity index (χ2n) is 4.03. The Kier molecular flexibility index (Phi) is 3.69. The van der Waals surface area contributed by atoms with Gasteiger partial charge in [0.15, 0.2) is 0 Å². The van der Waals surface area contributed by atoms with Crippen molar-refractivity contribution in [2.24, 2.45) is 5.73 Å². The highest BCUT2D eigenvalue weighted by Crippen LogP contribution is 2.08. The number of amides is 1. The fourth-order valence-electron chi connectivity index (χ4n) is 1.58. The van der Waals surface area contributed by atoms with E-state index in [9.17, 15) is 4.79 Å². The fraction of sp³-hybridized carbons (Fsp3) is 0.250. The average molecular weight is 245 g/mol. The number of nitrogens with two attached hydrogens (primary N) is 1. The smallest absolute Gasteiger partial charge is 0.248 e. The molecule has 0 aliphatic rings. The number of H-pyrrole nitrogens is 1. The Hall–Kier alpha value is -2.21. The number of aromatic nitrogens is 3. The summed E-state index contributed by atoms with van der Waals surface area (Å²) in [5, 5.41) is 9.91. The predicted octanol–water partition coefficient (Wildman–Crippen LogP) is 0.754. The molecule has 1 aromatic heterocycles. The molecule has 2 aromatic rings. The van der Waals surface area contributed by atoms with Crippen LogP contribution < -0.4 is 11.1 Å². The molecule has 0 radical (unpaired) electrons. The van der Waals surface area contributed by atoms with Crippen LogP contribution in [0.4, 0.5) is 0 Å². The van der Waals surface area contributed by atoms with Gasteiger partial charge < -0.3 is 11.1 Å². The van der Waals surface area contributed by atoms with Crippen LogP contribution in [0.2, 0.25) is 0 Å². The minimum atomic E-state index is -0.412. The molecule has 0 fully saturated rings. The van der Waals surface area contributed by atoms with Gasteiger partial charge in [0.1, 0.15) is 12.2 Å². The molecule has 1 aromatic carbocycles. The van der Waals surface area contributed by atoms with Crippen LogP contribution in [0.25, 0.3) is 0 Å². The number of rotatable bonds is 5. The second-order valence-corrected chi connectivity index (χ2v) is 4.03. The third-order valence-corrected chi connectivity index (χ3v) is 2.69. The maximum Gasteiger partial charge on any atom is 0.248 e. The molecule has 0 saturated heterocycles. The number of carbonyl (C=O) groups excluding carboxylic acids is 1. The standard InChI is InChI=1S/C12H15N5O/c1-8(12-15-7-16-17-12)14-6-9-2-4-10(5-3-9)11(13)18/h2-5,7-8,14H,6H2,1H3,(H2,13,18)(H,15,16,17). The highest BCUT2D eigenvalue weighted by Gasteiger charge is 2.07. The van der Waals surface area contributed by atoms with Gasteiger partial charge in [0.2, 0.25) is 5.91 Å². The Morgan fingerprint density at radius 3 is 2.72 bits per heavy atom. The lowest BCUT2D eigenvalue weighted by Gasteiger charge is -2.10. The summed E-state index contributed by atoms with van der Waals surface area (Å²) in [6, 6.07) is 7.28. The minimum Gasteiger partial charge on any atom is -0.366 e. The molecule has 2 rings (SSSR count). The van der Waals surface area contributed by atoms with Crippen molar-refractivity contribution in [3.8, 4) is 0 Å². The number of hydrogen-bond donors (Lipinski definition) is 3. The molecule has 1 amide bonds. The maximum absolute atomic E-state index is 10.9. The third-order valence-electron chi connectivity index (χ3n) is 2.69. The lowest BCUT2D eigenvalue weighted by molar-refractivity contribution is 0.100. The molecule has 0 aliphatic heterocycles. The number of benzene rings is 1. The monoisotopic (exact) mass is 245 g/mol. The zero-order valence-electron chi connectivity index (χ0n) is 10.1. The van der Waals surface area contributed by atoms with E-state index in [1.54, 1.807) is 12.1 Å². The van der Waals surface area contributed by atoms with Gasteiger partial charge in [0, 0.05) is 12.1 Å². The van der Waals surface area contributed by atoms with E-state index in [-0.39, 0.29) is 6.04 Å². The molecule has 0 saturated carbocycles. The van der Waals surface area contributed by atoms with E-state index >= 15 is 0 Å². The molecule has 1 atom stereocenters. The van der Waals surface area contributed by atoms with Gasteiger partial charge in [-0.25, -0.2) is 4.98 Å². The lowest BCUT2D eigenvalue weighted by atomic mass is 10.1. The number of aromatic amines is 1. The molecular formula is C12H15N5O. The quantitative estimate of drug-likeness (QED) is 0.724. The largest absolute Gasteiger partial charge is 0.366 e. The zero-order valence-corrected chi connectivity index (χ0v) is 10.1. The summed E-state index contributed by atoms with van der Waals surface area (Å²) in [6.45, 7) is 2.68. The average Bonchev–Trinajstić information content (AvgIpc) is 2.90. The van der Waals surface area contributed by atoms with Crippen molar-refractivity contribution in [1.29, 1.82) is 0 Å². The summed E-state index contributed by atoms with van der Waals surface area (Å²) in [6.07, 6.45) is 1.48. The molecule has 4 N–H and O–H groups in total. The summed E-state index contributed by atoms with van der Waals surface area (Å²) in [5.41, 5.74) is 6.77. The van der Waals surface area contributed by atoms with Gasteiger partial charge in [-0.2, -0.15) is 5.10 Å². The normalized spacial score (nSPS) is 12.3. The summed E-state index contributed by atoms with van der Waals surface area (Å²) in [7, 11) is 0. The Bertz CT molecular complexity index is 506. The highest BCUT2D eigenvalue weighted by atomic mass is 16.1. The maximum atomic E-state index is 10.9. The molecule has 6 nitrogen and oxygen atoms in total. The van der Waals surface area contributed by atoms with Gasteiger partial charge in [-0.3, -0.25) is 9.89 Å². The van der Waals surface area contributed by atoms with E-state index in [0.29, 0.717) is 12.1 Å². The van der Waals surface area contributed by atoms with Crippen LogP contribution in [-0.4, -0.2) is 21.1 Å². The lowest BCUT2D eigenvalue weighted by Crippen LogP contribution is -2.19. The van der Waals surface area contributed by atoms with Crippen molar-refractivity contribution in [2.45, 2.75) is 19.5 Å². The molecule has 1 unspecified atom stereocenters. The molecular weight excluding hydrogens is 230 g/mol. The van der Waals surface area contributed by atoms with Gasteiger partial charge in [-0.1, -0.05) is 12.1 Å². The van der Waals surface area contributed by atoms with Crippen molar-refractivity contribution < 1.29 is 4.79 Å². The summed E-state index contributed by atoms with van der Waals surface area (Å²) < 4.78 is 0. The Labute approximate surface area is 105 Å². The van der Waals surface area contributed by atoms with E-state index in [4.69, 9.17) is 5.73 Å². The first-order chi connectivity index (χ1) is 8.66. The van der Waals surface area contributed by atoms with Crippen molar-refractivity contribution >= 4 is 5.91 Å².